The molecule has 5 heteroatoms. The first-order valence-corrected chi connectivity index (χ1v) is 3.69. The molecule has 1 atom stereocenters. The molecule has 1 aromatic rings. The molecular formula is C6H9N3OS. The standard InChI is InChI=1S/C6H9N3OS/c1-4(11)9-6(10)5-2-7-8-3-5/h2-4,11H,1H3,(H,7,8)(H,9,10). The number of H-pyrrole nitrogens is 1. The largest absolute Gasteiger partial charge is 0.341 e. The van der Waals surface area contributed by atoms with Crippen molar-refractivity contribution in [3.05, 3.63) is 18.0 Å². The number of thiol groups is 1. The third-order valence-corrected chi connectivity index (χ3v) is 1.23. The van der Waals surface area contributed by atoms with Crippen LogP contribution in [0.25, 0.3) is 0 Å². The van der Waals surface area contributed by atoms with Crippen LogP contribution < -0.4 is 5.32 Å². The average Bonchev–Trinajstić information content (AvgIpc) is 2.35. The van der Waals surface area contributed by atoms with E-state index in [1.54, 1.807) is 6.92 Å². The van der Waals surface area contributed by atoms with Crippen LogP contribution in [-0.4, -0.2) is 21.5 Å². The summed E-state index contributed by atoms with van der Waals surface area (Å²) in [5.74, 6) is -0.166. The monoisotopic (exact) mass is 171 g/mol. The van der Waals surface area contributed by atoms with E-state index in [2.05, 4.69) is 28.1 Å². The van der Waals surface area contributed by atoms with E-state index in [9.17, 15) is 4.79 Å². The maximum atomic E-state index is 11.1. The lowest BCUT2D eigenvalue weighted by atomic mass is 10.3. The highest BCUT2D eigenvalue weighted by molar-refractivity contribution is 7.80. The molecule has 1 rings (SSSR count). The van der Waals surface area contributed by atoms with Crippen molar-refractivity contribution >= 4 is 18.5 Å². The van der Waals surface area contributed by atoms with Gasteiger partial charge in [-0.05, 0) is 6.92 Å². The number of carbonyl (C=O) groups excluding carboxylic acids is 1. The van der Waals surface area contributed by atoms with Gasteiger partial charge in [-0.2, -0.15) is 17.7 Å². The molecule has 0 aliphatic heterocycles. The zero-order chi connectivity index (χ0) is 8.27. The van der Waals surface area contributed by atoms with Gasteiger partial charge in [0, 0.05) is 6.20 Å². The van der Waals surface area contributed by atoms with E-state index >= 15 is 0 Å². The maximum absolute atomic E-state index is 11.1. The Kier molecular flexibility index (Phi) is 2.53. The third-order valence-electron chi connectivity index (χ3n) is 1.10. The maximum Gasteiger partial charge on any atom is 0.255 e. The second-order valence-corrected chi connectivity index (χ2v) is 2.91. The lowest BCUT2D eigenvalue weighted by molar-refractivity contribution is 0.0952. The molecule has 0 saturated carbocycles. The molecule has 11 heavy (non-hydrogen) atoms. The Morgan fingerprint density at radius 1 is 1.91 bits per heavy atom. The molecule has 0 bridgehead atoms. The fourth-order valence-electron chi connectivity index (χ4n) is 0.648. The van der Waals surface area contributed by atoms with Crippen LogP contribution in [0, 0.1) is 0 Å². The van der Waals surface area contributed by atoms with Crippen LogP contribution in [0.2, 0.25) is 0 Å². The Morgan fingerprint density at radius 2 is 2.64 bits per heavy atom. The first-order chi connectivity index (χ1) is 5.20. The lowest BCUT2D eigenvalue weighted by Crippen LogP contribution is -2.28. The van der Waals surface area contributed by atoms with Crippen LogP contribution in [0.15, 0.2) is 12.4 Å². The number of aromatic amines is 1. The zero-order valence-corrected chi connectivity index (χ0v) is 6.93. The van der Waals surface area contributed by atoms with Crippen LogP contribution in [0.4, 0.5) is 0 Å². The van der Waals surface area contributed by atoms with E-state index in [1.165, 1.54) is 12.4 Å². The van der Waals surface area contributed by atoms with Crippen LogP contribution in [0.1, 0.15) is 17.3 Å². The van der Waals surface area contributed by atoms with E-state index < -0.39 is 0 Å². The first-order valence-electron chi connectivity index (χ1n) is 3.18. The highest BCUT2D eigenvalue weighted by Gasteiger charge is 2.06. The van der Waals surface area contributed by atoms with Gasteiger partial charge in [0.2, 0.25) is 0 Å². The van der Waals surface area contributed by atoms with Crippen molar-refractivity contribution in [2.45, 2.75) is 12.3 Å². The summed E-state index contributed by atoms with van der Waals surface area (Å²) in [4.78, 5) is 11.1. The first kappa shape index (κ1) is 8.13. The molecule has 0 spiro atoms. The van der Waals surface area contributed by atoms with Gasteiger partial charge in [0.05, 0.1) is 17.1 Å². The molecule has 4 nitrogen and oxygen atoms in total. The Labute approximate surface area is 69.8 Å². The summed E-state index contributed by atoms with van der Waals surface area (Å²) >= 11 is 4.01. The Balaban J connectivity index is 2.57. The summed E-state index contributed by atoms with van der Waals surface area (Å²) in [6.07, 6.45) is 3.00. The number of carbonyl (C=O) groups is 1. The van der Waals surface area contributed by atoms with Crippen LogP contribution >= 0.6 is 12.6 Å². The normalized spacial score (nSPS) is 12.5. The number of hydrogen-bond acceptors (Lipinski definition) is 3. The van der Waals surface area contributed by atoms with E-state index in [-0.39, 0.29) is 11.3 Å². The lowest BCUT2D eigenvalue weighted by Gasteiger charge is -2.04. The fourth-order valence-corrected chi connectivity index (χ4v) is 0.765. The SMILES string of the molecule is CC(S)NC(=O)c1cn[nH]c1. The van der Waals surface area contributed by atoms with Gasteiger partial charge in [-0.3, -0.25) is 9.89 Å². The average molecular weight is 171 g/mol. The molecule has 1 heterocycles. The number of nitrogens with one attached hydrogen (secondary N) is 2. The highest BCUT2D eigenvalue weighted by atomic mass is 32.1. The molecule has 1 amide bonds. The zero-order valence-electron chi connectivity index (χ0n) is 6.03. The summed E-state index contributed by atoms with van der Waals surface area (Å²) < 4.78 is 0. The second-order valence-electron chi connectivity index (χ2n) is 2.14. The summed E-state index contributed by atoms with van der Waals surface area (Å²) in [5, 5.41) is 8.66. The highest BCUT2D eigenvalue weighted by Crippen LogP contribution is 1.95. The number of nitrogens with zero attached hydrogens (tertiary/aromatic N) is 1. The molecule has 0 saturated heterocycles. The van der Waals surface area contributed by atoms with Crippen molar-refractivity contribution in [2.24, 2.45) is 0 Å². The molecule has 0 radical (unpaired) electrons. The summed E-state index contributed by atoms with van der Waals surface area (Å²) in [6, 6.07) is 0. The van der Waals surface area contributed by atoms with Gasteiger partial charge >= 0.3 is 0 Å². The van der Waals surface area contributed by atoms with Gasteiger partial charge in [-0.25, -0.2) is 0 Å². The predicted molar refractivity (Wildman–Crippen MR) is 44.5 cm³/mol. The molecule has 0 aliphatic rings. The number of rotatable bonds is 2. The topological polar surface area (TPSA) is 57.8 Å². The van der Waals surface area contributed by atoms with Crippen LogP contribution in [0.3, 0.4) is 0 Å². The van der Waals surface area contributed by atoms with Crippen molar-refractivity contribution in [1.82, 2.24) is 15.5 Å². The summed E-state index contributed by atoms with van der Waals surface area (Å²) in [6.45, 7) is 1.78. The van der Waals surface area contributed by atoms with E-state index in [4.69, 9.17) is 0 Å². The van der Waals surface area contributed by atoms with Crippen LogP contribution in [-0.2, 0) is 0 Å². The molecular weight excluding hydrogens is 162 g/mol. The predicted octanol–water partition coefficient (Wildman–Crippen LogP) is 0.415. The van der Waals surface area contributed by atoms with Crippen molar-refractivity contribution < 1.29 is 4.79 Å². The summed E-state index contributed by atoms with van der Waals surface area (Å²) in [7, 11) is 0. The Bertz CT molecular complexity index is 232. The molecule has 0 fully saturated rings. The summed E-state index contributed by atoms with van der Waals surface area (Å²) in [5.41, 5.74) is 0.519. The molecule has 0 aromatic carbocycles. The fraction of sp³-hybridized carbons (Fsp3) is 0.333. The minimum Gasteiger partial charge on any atom is -0.341 e. The van der Waals surface area contributed by atoms with Gasteiger partial charge < -0.3 is 5.32 Å². The van der Waals surface area contributed by atoms with E-state index in [0.29, 0.717) is 5.56 Å². The number of aromatic nitrogens is 2. The van der Waals surface area contributed by atoms with Gasteiger partial charge in [-0.15, -0.1) is 0 Å². The molecule has 1 aromatic heterocycles. The molecule has 0 aliphatic carbocycles. The molecule has 1 unspecified atom stereocenters. The quantitative estimate of drug-likeness (QED) is 0.446. The Morgan fingerprint density at radius 3 is 3.09 bits per heavy atom. The van der Waals surface area contributed by atoms with Gasteiger partial charge in [0.25, 0.3) is 5.91 Å². The minimum atomic E-state index is -0.166. The van der Waals surface area contributed by atoms with Gasteiger partial charge in [0.15, 0.2) is 0 Å². The van der Waals surface area contributed by atoms with Crippen molar-refractivity contribution in [3.63, 3.8) is 0 Å². The van der Waals surface area contributed by atoms with Crippen LogP contribution in [0.5, 0.6) is 0 Å². The smallest absolute Gasteiger partial charge is 0.255 e. The van der Waals surface area contributed by atoms with Crippen molar-refractivity contribution in [2.75, 3.05) is 0 Å². The van der Waals surface area contributed by atoms with Gasteiger partial charge in [-0.1, -0.05) is 0 Å². The van der Waals surface area contributed by atoms with E-state index in [1.807, 2.05) is 0 Å². The van der Waals surface area contributed by atoms with Crippen molar-refractivity contribution in [1.29, 1.82) is 0 Å². The second kappa shape index (κ2) is 3.43. The molecule has 60 valence electrons. The van der Waals surface area contributed by atoms with Crippen molar-refractivity contribution in [3.8, 4) is 0 Å². The number of amides is 1. The Hall–Kier alpha value is -0.970. The minimum absolute atomic E-state index is 0.141. The van der Waals surface area contributed by atoms with Gasteiger partial charge in [0.1, 0.15) is 0 Å². The van der Waals surface area contributed by atoms with E-state index in [0.717, 1.165) is 0 Å². The number of hydrogen-bond donors (Lipinski definition) is 3. The third kappa shape index (κ3) is 2.27. The molecule has 2 N–H and O–H groups in total.